The Kier molecular flexibility index (Phi) is 5.64. The zero-order valence-electron chi connectivity index (χ0n) is 10.3. The number of sulfonamides is 1. The molecule has 8 heteroatoms. The number of carbonyl (C=O) groups is 1. The minimum atomic E-state index is -3.88. The van der Waals surface area contributed by atoms with E-state index in [4.69, 9.17) is 5.11 Å². The van der Waals surface area contributed by atoms with Crippen molar-refractivity contribution in [1.82, 2.24) is 4.72 Å². The number of carboxylic acid groups (broad SMARTS) is 1. The van der Waals surface area contributed by atoms with Gasteiger partial charge in [0.2, 0.25) is 10.0 Å². The average molecular weight is 305 g/mol. The number of nitrogens with one attached hydrogen (secondary N) is 1. The molecule has 0 unspecified atom stereocenters. The molecule has 0 saturated heterocycles. The van der Waals surface area contributed by atoms with Crippen molar-refractivity contribution in [2.24, 2.45) is 0 Å². The van der Waals surface area contributed by atoms with Gasteiger partial charge in [0.25, 0.3) is 0 Å². The van der Waals surface area contributed by atoms with E-state index in [-0.39, 0.29) is 17.1 Å². The molecule has 0 amide bonds. The third-order valence-electron chi connectivity index (χ3n) is 2.34. The van der Waals surface area contributed by atoms with Gasteiger partial charge in [0.1, 0.15) is 6.04 Å². The lowest BCUT2D eigenvalue weighted by atomic mass is 10.2. The van der Waals surface area contributed by atoms with E-state index < -0.39 is 32.8 Å². The van der Waals surface area contributed by atoms with Crippen LogP contribution in [0.5, 0.6) is 0 Å². The Morgan fingerprint density at radius 2 is 1.95 bits per heavy atom. The van der Waals surface area contributed by atoms with Crippen molar-refractivity contribution >= 4 is 26.8 Å². The molecule has 0 radical (unpaired) electrons. The normalized spacial score (nSPS) is 14.8. The van der Waals surface area contributed by atoms with E-state index >= 15 is 0 Å². The van der Waals surface area contributed by atoms with Crippen LogP contribution in [0.1, 0.15) is 6.42 Å². The van der Waals surface area contributed by atoms with Crippen molar-refractivity contribution in [3.63, 3.8) is 0 Å². The van der Waals surface area contributed by atoms with E-state index in [0.717, 1.165) is 0 Å². The van der Waals surface area contributed by atoms with Crippen molar-refractivity contribution in [1.29, 1.82) is 0 Å². The zero-order chi connectivity index (χ0) is 14.5. The van der Waals surface area contributed by atoms with E-state index in [2.05, 4.69) is 4.72 Å². The Hall–Kier alpha value is -1.25. The summed E-state index contributed by atoms with van der Waals surface area (Å²) in [5.74, 6) is -1.17. The van der Waals surface area contributed by atoms with Gasteiger partial charge in [0.05, 0.1) is 4.90 Å². The van der Waals surface area contributed by atoms with Crippen LogP contribution >= 0.6 is 0 Å². The molecule has 1 aromatic carbocycles. The second-order valence-electron chi connectivity index (χ2n) is 3.89. The van der Waals surface area contributed by atoms with Gasteiger partial charge in [-0.05, 0) is 18.6 Å². The molecule has 0 aromatic heterocycles. The number of rotatable bonds is 7. The predicted octanol–water partition coefficient (Wildman–Crippen LogP) is 0.187. The number of carboxylic acids is 1. The van der Waals surface area contributed by atoms with Gasteiger partial charge in [-0.25, -0.2) is 8.42 Å². The summed E-state index contributed by atoms with van der Waals surface area (Å²) in [7, 11) is -5.06. The molecule has 0 aliphatic rings. The van der Waals surface area contributed by atoms with Crippen molar-refractivity contribution in [2.75, 3.05) is 12.0 Å². The standard InChI is InChI=1S/C11H15NO5S2/c1-18(15)8-7-10(11(13)14)12-19(16,17)9-5-3-2-4-6-9/h2-6,10,12H,7-8H2,1H3,(H,13,14)/t10-,18+/m0/s1. The first kappa shape index (κ1) is 15.8. The minimum Gasteiger partial charge on any atom is -0.480 e. The number of benzene rings is 1. The first-order valence-electron chi connectivity index (χ1n) is 5.43. The van der Waals surface area contributed by atoms with Crippen molar-refractivity contribution < 1.29 is 22.5 Å². The van der Waals surface area contributed by atoms with Crippen LogP contribution in [0.2, 0.25) is 0 Å². The van der Waals surface area contributed by atoms with Gasteiger partial charge in [0.15, 0.2) is 0 Å². The summed E-state index contributed by atoms with van der Waals surface area (Å²) >= 11 is 0. The highest BCUT2D eigenvalue weighted by atomic mass is 32.2. The maximum atomic E-state index is 11.9. The van der Waals surface area contributed by atoms with Gasteiger partial charge in [0, 0.05) is 22.8 Å². The highest BCUT2D eigenvalue weighted by Gasteiger charge is 2.25. The first-order valence-corrected chi connectivity index (χ1v) is 8.64. The van der Waals surface area contributed by atoms with Gasteiger partial charge in [-0.1, -0.05) is 18.2 Å². The molecule has 106 valence electrons. The molecular weight excluding hydrogens is 290 g/mol. The number of hydrogen-bond donors (Lipinski definition) is 2. The minimum absolute atomic E-state index is 0.00105. The molecule has 6 nitrogen and oxygen atoms in total. The molecule has 19 heavy (non-hydrogen) atoms. The van der Waals surface area contributed by atoms with Crippen LogP contribution in [0.3, 0.4) is 0 Å². The van der Waals surface area contributed by atoms with Gasteiger partial charge >= 0.3 is 5.97 Å². The van der Waals surface area contributed by atoms with Gasteiger partial charge in [-0.15, -0.1) is 0 Å². The van der Waals surface area contributed by atoms with Crippen LogP contribution in [0.25, 0.3) is 0 Å². The zero-order valence-corrected chi connectivity index (χ0v) is 11.9. The quantitative estimate of drug-likeness (QED) is 0.749. The molecular formula is C11H15NO5S2. The lowest BCUT2D eigenvalue weighted by Crippen LogP contribution is -2.41. The molecule has 0 aliphatic heterocycles. The second kappa shape index (κ2) is 6.78. The van der Waals surface area contributed by atoms with Crippen molar-refractivity contribution in [3.8, 4) is 0 Å². The largest absolute Gasteiger partial charge is 0.480 e. The third kappa shape index (κ3) is 5.09. The fourth-order valence-corrected chi connectivity index (χ4v) is 3.18. The monoisotopic (exact) mass is 305 g/mol. The molecule has 0 bridgehead atoms. The van der Waals surface area contributed by atoms with Gasteiger partial charge < -0.3 is 5.11 Å². The summed E-state index contributed by atoms with van der Waals surface area (Å²) in [5, 5.41) is 8.97. The average Bonchev–Trinajstić information content (AvgIpc) is 2.35. The highest BCUT2D eigenvalue weighted by molar-refractivity contribution is 7.89. The molecule has 0 aliphatic carbocycles. The number of aliphatic carboxylic acids is 1. The Labute approximate surface area is 114 Å². The van der Waals surface area contributed by atoms with E-state index in [0.29, 0.717) is 0 Å². The fourth-order valence-electron chi connectivity index (χ4n) is 1.37. The van der Waals surface area contributed by atoms with Crippen molar-refractivity contribution in [2.45, 2.75) is 17.4 Å². The third-order valence-corrected chi connectivity index (χ3v) is 4.64. The molecule has 0 heterocycles. The fraction of sp³-hybridized carbons (Fsp3) is 0.364. The van der Waals surface area contributed by atoms with Crippen LogP contribution < -0.4 is 4.72 Å². The molecule has 2 N–H and O–H groups in total. The van der Waals surface area contributed by atoms with Crippen molar-refractivity contribution in [3.05, 3.63) is 30.3 Å². The Balaban J connectivity index is 2.84. The number of hydrogen-bond acceptors (Lipinski definition) is 4. The highest BCUT2D eigenvalue weighted by Crippen LogP contribution is 2.09. The Morgan fingerprint density at radius 1 is 1.37 bits per heavy atom. The molecule has 1 rings (SSSR count). The maximum Gasteiger partial charge on any atom is 0.321 e. The second-order valence-corrected chi connectivity index (χ2v) is 7.16. The lowest BCUT2D eigenvalue weighted by molar-refractivity contribution is -0.139. The summed E-state index contributed by atoms with van der Waals surface area (Å²) in [6.07, 6.45) is 1.41. The molecule has 2 atom stereocenters. The van der Waals surface area contributed by atoms with Crippen LogP contribution in [0, 0.1) is 0 Å². The van der Waals surface area contributed by atoms with Gasteiger partial charge in [-0.3, -0.25) is 9.00 Å². The topological polar surface area (TPSA) is 101 Å². The maximum absolute atomic E-state index is 11.9. The van der Waals surface area contributed by atoms with E-state index in [1.165, 1.54) is 18.4 Å². The van der Waals surface area contributed by atoms with Crippen LogP contribution in [-0.2, 0) is 25.6 Å². The van der Waals surface area contributed by atoms with Gasteiger partial charge in [-0.2, -0.15) is 4.72 Å². The molecule has 1 aromatic rings. The Morgan fingerprint density at radius 3 is 2.42 bits per heavy atom. The summed E-state index contributed by atoms with van der Waals surface area (Å²) < 4.78 is 36.9. The smallest absolute Gasteiger partial charge is 0.321 e. The lowest BCUT2D eigenvalue weighted by Gasteiger charge is -2.14. The van der Waals surface area contributed by atoms with Crippen LogP contribution in [-0.4, -0.2) is 41.8 Å². The van der Waals surface area contributed by atoms with E-state index in [9.17, 15) is 17.4 Å². The molecule has 0 fully saturated rings. The summed E-state index contributed by atoms with van der Waals surface area (Å²) in [4.78, 5) is 11.0. The molecule has 0 saturated carbocycles. The first-order chi connectivity index (χ1) is 8.83. The summed E-state index contributed by atoms with van der Waals surface area (Å²) in [6.45, 7) is 0. The van der Waals surface area contributed by atoms with E-state index in [1.54, 1.807) is 18.2 Å². The van der Waals surface area contributed by atoms with Crippen LogP contribution in [0.15, 0.2) is 35.2 Å². The SMILES string of the molecule is C[S@@](=O)CC[C@H](NS(=O)(=O)c1ccccc1)C(=O)O. The summed E-state index contributed by atoms with van der Waals surface area (Å²) in [6, 6.07) is 6.22. The summed E-state index contributed by atoms with van der Waals surface area (Å²) in [5.41, 5.74) is 0. The predicted molar refractivity (Wildman–Crippen MR) is 71.7 cm³/mol. The molecule has 0 spiro atoms. The van der Waals surface area contributed by atoms with E-state index in [1.807, 2.05) is 0 Å². The van der Waals surface area contributed by atoms with Crippen LogP contribution in [0.4, 0.5) is 0 Å². The Bertz CT molecular complexity index is 556.